The van der Waals surface area contributed by atoms with Crippen LogP contribution in [0.3, 0.4) is 0 Å². The molecular weight excluding hydrogens is 362 g/mol. The topological polar surface area (TPSA) is 122 Å². The number of ether oxygens (including phenoxy) is 1. The number of fused-ring (bicyclic) bond motifs is 1. The second-order valence-electron chi connectivity index (χ2n) is 5.66. The number of alkyl carbamates (subject to hydrolysis) is 1. The van der Waals surface area contributed by atoms with Crippen LogP contribution in [0, 0.1) is 0 Å². The summed E-state index contributed by atoms with van der Waals surface area (Å²) in [5.74, 6) is -1.45. The number of carbonyl (C=O) groups is 3. The summed E-state index contributed by atoms with van der Waals surface area (Å²) in [6.45, 7) is 4.44. The van der Waals surface area contributed by atoms with Crippen LogP contribution < -0.4 is 10.6 Å². The molecular formula is C16H21N3O6S. The van der Waals surface area contributed by atoms with Crippen molar-refractivity contribution in [1.29, 1.82) is 0 Å². The molecule has 142 valence electrons. The van der Waals surface area contributed by atoms with Crippen LogP contribution in [-0.2, 0) is 24.3 Å². The van der Waals surface area contributed by atoms with E-state index in [-0.39, 0.29) is 24.0 Å². The fraction of sp³-hybridized carbons (Fsp3) is 0.438. The number of sulfonamides is 1. The standard InChI is InChI=1S/C16H21N3O6S/c1-4-19(9-14(20)18-16(22)25-5-2)26(23,24)11-6-7-13-12(8-11)10(3)15(21)17-13/h6-8,10H,4-5,9H2,1-3H3,(H,17,21)(H,18,20,22)/t10-/m1/s1. The smallest absolute Gasteiger partial charge is 0.413 e. The molecule has 0 aromatic heterocycles. The Kier molecular flexibility index (Phi) is 5.98. The van der Waals surface area contributed by atoms with E-state index < -0.39 is 34.5 Å². The molecule has 1 atom stereocenters. The number of hydrogen-bond donors (Lipinski definition) is 2. The third-order valence-corrected chi connectivity index (χ3v) is 5.88. The van der Waals surface area contributed by atoms with Gasteiger partial charge in [-0.05, 0) is 37.6 Å². The zero-order valence-corrected chi connectivity index (χ0v) is 15.6. The molecule has 0 spiro atoms. The van der Waals surface area contributed by atoms with E-state index in [0.29, 0.717) is 11.3 Å². The summed E-state index contributed by atoms with van der Waals surface area (Å²) >= 11 is 0. The maximum absolute atomic E-state index is 12.8. The first-order valence-corrected chi connectivity index (χ1v) is 9.56. The Balaban J connectivity index is 2.21. The van der Waals surface area contributed by atoms with Crippen molar-refractivity contribution in [3.8, 4) is 0 Å². The van der Waals surface area contributed by atoms with Gasteiger partial charge in [0, 0.05) is 12.2 Å². The Labute approximate surface area is 151 Å². The number of carbonyl (C=O) groups excluding carboxylic acids is 3. The van der Waals surface area contributed by atoms with Crippen molar-refractivity contribution >= 4 is 33.6 Å². The Morgan fingerprint density at radius 3 is 2.62 bits per heavy atom. The Morgan fingerprint density at radius 1 is 1.31 bits per heavy atom. The molecule has 0 unspecified atom stereocenters. The number of amides is 3. The van der Waals surface area contributed by atoms with Crippen LogP contribution in [0.25, 0.3) is 0 Å². The van der Waals surface area contributed by atoms with Gasteiger partial charge in [-0.3, -0.25) is 14.9 Å². The van der Waals surface area contributed by atoms with Crippen molar-refractivity contribution in [3.63, 3.8) is 0 Å². The van der Waals surface area contributed by atoms with Gasteiger partial charge >= 0.3 is 6.09 Å². The highest BCUT2D eigenvalue weighted by atomic mass is 32.2. The second kappa shape index (κ2) is 7.83. The van der Waals surface area contributed by atoms with Crippen LogP contribution >= 0.6 is 0 Å². The second-order valence-corrected chi connectivity index (χ2v) is 7.60. The van der Waals surface area contributed by atoms with Gasteiger partial charge in [-0.2, -0.15) is 4.31 Å². The number of benzene rings is 1. The Bertz CT molecular complexity index is 836. The first kappa shape index (κ1) is 19.9. The monoisotopic (exact) mass is 383 g/mol. The Hall–Kier alpha value is -2.46. The minimum atomic E-state index is -3.98. The van der Waals surface area contributed by atoms with E-state index in [9.17, 15) is 22.8 Å². The van der Waals surface area contributed by atoms with Crippen molar-refractivity contribution in [3.05, 3.63) is 23.8 Å². The minimum Gasteiger partial charge on any atom is -0.450 e. The molecule has 2 rings (SSSR count). The predicted octanol–water partition coefficient (Wildman–Crippen LogP) is 1.03. The lowest BCUT2D eigenvalue weighted by atomic mass is 10.0. The van der Waals surface area contributed by atoms with Crippen LogP contribution in [0.5, 0.6) is 0 Å². The quantitative estimate of drug-likeness (QED) is 0.756. The van der Waals surface area contributed by atoms with E-state index in [1.165, 1.54) is 18.2 Å². The zero-order chi connectivity index (χ0) is 19.5. The Morgan fingerprint density at radius 2 is 2.00 bits per heavy atom. The van der Waals surface area contributed by atoms with Gasteiger partial charge in [0.05, 0.1) is 24.0 Å². The SMILES string of the molecule is CCOC(=O)NC(=O)CN(CC)S(=O)(=O)c1ccc2c(c1)[C@@H](C)C(=O)N2. The molecule has 0 radical (unpaired) electrons. The van der Waals surface area contributed by atoms with Crippen LogP contribution in [0.15, 0.2) is 23.1 Å². The average Bonchev–Trinajstić information content (AvgIpc) is 2.86. The van der Waals surface area contributed by atoms with Crippen molar-refractivity contribution in [2.24, 2.45) is 0 Å². The number of hydrogen-bond acceptors (Lipinski definition) is 6. The normalized spacial score (nSPS) is 16.2. The predicted molar refractivity (Wildman–Crippen MR) is 93.1 cm³/mol. The maximum Gasteiger partial charge on any atom is 0.413 e. The van der Waals surface area contributed by atoms with Gasteiger partial charge in [0.15, 0.2) is 0 Å². The highest BCUT2D eigenvalue weighted by molar-refractivity contribution is 7.89. The molecule has 10 heteroatoms. The minimum absolute atomic E-state index is 0.0228. The summed E-state index contributed by atoms with van der Waals surface area (Å²) in [4.78, 5) is 34.9. The third-order valence-electron chi connectivity index (χ3n) is 3.97. The first-order valence-electron chi connectivity index (χ1n) is 8.12. The van der Waals surface area contributed by atoms with E-state index in [1.54, 1.807) is 20.8 Å². The highest BCUT2D eigenvalue weighted by Crippen LogP contribution is 2.34. The molecule has 0 bridgehead atoms. The number of nitrogens with zero attached hydrogens (tertiary/aromatic N) is 1. The van der Waals surface area contributed by atoms with E-state index in [1.807, 2.05) is 5.32 Å². The molecule has 0 fully saturated rings. The molecule has 1 aromatic rings. The summed E-state index contributed by atoms with van der Waals surface area (Å²) < 4.78 is 31.2. The molecule has 0 saturated carbocycles. The molecule has 2 N–H and O–H groups in total. The van der Waals surface area contributed by atoms with Crippen LogP contribution in [0.1, 0.15) is 32.3 Å². The molecule has 1 aliphatic heterocycles. The molecule has 1 aliphatic rings. The summed E-state index contributed by atoms with van der Waals surface area (Å²) in [5.41, 5.74) is 1.16. The van der Waals surface area contributed by atoms with E-state index in [4.69, 9.17) is 0 Å². The van der Waals surface area contributed by atoms with Gasteiger partial charge in [-0.15, -0.1) is 0 Å². The van der Waals surface area contributed by atoms with Gasteiger partial charge in [0.2, 0.25) is 21.8 Å². The molecule has 9 nitrogen and oxygen atoms in total. The molecule has 1 aromatic carbocycles. The van der Waals surface area contributed by atoms with Gasteiger partial charge in [-0.1, -0.05) is 6.92 Å². The molecule has 0 aliphatic carbocycles. The van der Waals surface area contributed by atoms with Gasteiger partial charge in [0.25, 0.3) is 0 Å². The zero-order valence-electron chi connectivity index (χ0n) is 14.7. The van der Waals surface area contributed by atoms with Gasteiger partial charge < -0.3 is 10.1 Å². The van der Waals surface area contributed by atoms with Crippen LogP contribution in [0.2, 0.25) is 0 Å². The van der Waals surface area contributed by atoms with Gasteiger partial charge in [0.1, 0.15) is 0 Å². The fourth-order valence-corrected chi connectivity index (χ4v) is 3.99. The lowest BCUT2D eigenvalue weighted by Crippen LogP contribution is -2.42. The van der Waals surface area contributed by atoms with Crippen molar-refractivity contribution in [1.82, 2.24) is 9.62 Å². The fourth-order valence-electron chi connectivity index (χ4n) is 2.55. The number of nitrogens with one attached hydrogen (secondary N) is 2. The summed E-state index contributed by atoms with van der Waals surface area (Å²) in [6, 6.07) is 4.33. The number of rotatable bonds is 6. The lowest BCUT2D eigenvalue weighted by molar-refractivity contribution is -0.120. The average molecular weight is 383 g/mol. The number of anilines is 1. The summed E-state index contributed by atoms with van der Waals surface area (Å²) in [5, 5.41) is 4.63. The first-order chi connectivity index (χ1) is 12.2. The largest absolute Gasteiger partial charge is 0.450 e. The number of likely N-dealkylation sites (N-methyl/N-ethyl adjacent to an activating group) is 1. The molecule has 1 heterocycles. The molecule has 3 amide bonds. The van der Waals surface area contributed by atoms with Crippen LogP contribution in [-0.4, -0.2) is 50.3 Å². The molecule has 0 saturated heterocycles. The van der Waals surface area contributed by atoms with E-state index in [2.05, 4.69) is 10.1 Å². The van der Waals surface area contributed by atoms with Crippen molar-refractivity contribution in [2.45, 2.75) is 31.6 Å². The third kappa shape index (κ3) is 4.02. The maximum atomic E-state index is 12.8. The highest BCUT2D eigenvalue weighted by Gasteiger charge is 2.31. The van der Waals surface area contributed by atoms with E-state index >= 15 is 0 Å². The molecule has 26 heavy (non-hydrogen) atoms. The van der Waals surface area contributed by atoms with E-state index in [0.717, 1.165) is 4.31 Å². The summed E-state index contributed by atoms with van der Waals surface area (Å²) in [6.07, 6.45) is -0.929. The summed E-state index contributed by atoms with van der Waals surface area (Å²) in [7, 11) is -3.98. The number of imide groups is 1. The van der Waals surface area contributed by atoms with Crippen molar-refractivity contribution < 1.29 is 27.5 Å². The van der Waals surface area contributed by atoms with Crippen molar-refractivity contribution in [2.75, 3.05) is 25.0 Å². The van der Waals surface area contributed by atoms with Crippen LogP contribution in [0.4, 0.5) is 10.5 Å². The lowest BCUT2D eigenvalue weighted by Gasteiger charge is -2.20. The van der Waals surface area contributed by atoms with Gasteiger partial charge in [-0.25, -0.2) is 13.2 Å².